The Balaban J connectivity index is 2.03. The minimum Gasteiger partial charge on any atom is -0.399 e. The Morgan fingerprint density at radius 2 is 1.68 bits per heavy atom. The number of carbonyl (C=O) groups is 2. The first kappa shape index (κ1) is 21.6. The Bertz CT molecular complexity index is 1090. The third kappa shape index (κ3) is 5.30. The summed E-state index contributed by atoms with van der Waals surface area (Å²) in [6.45, 7) is 0.0819. The monoisotopic (exact) mass is 413 g/mol. The number of carbonyl (C=O) groups excluding carboxylic acids is 2. The number of nitrogens with one attached hydrogen (secondary N) is 1. The van der Waals surface area contributed by atoms with Crippen molar-refractivity contribution in [2.75, 3.05) is 10.6 Å². The first-order valence-electron chi connectivity index (χ1n) is 9.70. The van der Waals surface area contributed by atoms with Crippen LogP contribution in [0.5, 0.6) is 0 Å². The molecule has 0 aromatic heterocycles. The number of anilines is 2. The van der Waals surface area contributed by atoms with Gasteiger partial charge in [-0.1, -0.05) is 54.6 Å². The van der Waals surface area contributed by atoms with Crippen LogP contribution in [0.1, 0.15) is 22.7 Å². The van der Waals surface area contributed by atoms with Gasteiger partial charge in [0.2, 0.25) is 5.91 Å². The topological polar surface area (TPSA) is 95.7 Å². The second-order valence-corrected chi connectivity index (χ2v) is 6.92. The number of hydrogen-bond acceptors (Lipinski definition) is 4. The predicted octanol–water partition coefficient (Wildman–Crippen LogP) is 2.79. The van der Waals surface area contributed by atoms with E-state index in [4.69, 9.17) is 12.2 Å². The Morgan fingerprint density at radius 3 is 2.32 bits per heavy atom. The number of hydrogen-bond donors (Lipinski definition) is 3. The van der Waals surface area contributed by atoms with Crippen LogP contribution in [0.2, 0.25) is 0 Å². The smallest absolute Gasteiger partial charge is 0.303 e. The number of amides is 2. The molecule has 3 rings (SSSR count). The number of benzene rings is 3. The van der Waals surface area contributed by atoms with Crippen molar-refractivity contribution < 1.29 is 14.7 Å². The molecule has 1 unspecified atom stereocenters. The Hall–Kier alpha value is -4.08. The molecule has 1 atom stereocenters. The molecule has 31 heavy (non-hydrogen) atoms. The number of terminal acetylenes is 1. The van der Waals surface area contributed by atoms with Gasteiger partial charge in [-0.15, -0.1) is 6.42 Å². The summed E-state index contributed by atoms with van der Waals surface area (Å²) in [6, 6.07) is 21.8. The minimum atomic E-state index is -1.03. The molecule has 4 N–H and O–H groups in total. The van der Waals surface area contributed by atoms with E-state index in [9.17, 15) is 14.7 Å². The number of aliphatic hydroxyl groups excluding tert-OH is 1. The summed E-state index contributed by atoms with van der Waals surface area (Å²) in [5.41, 5.74) is 8.81. The quantitative estimate of drug-likeness (QED) is 0.410. The van der Waals surface area contributed by atoms with Gasteiger partial charge in [-0.3, -0.25) is 14.5 Å². The highest BCUT2D eigenvalue weighted by Crippen LogP contribution is 2.29. The average Bonchev–Trinajstić information content (AvgIpc) is 2.82. The molecule has 156 valence electrons. The van der Waals surface area contributed by atoms with Crippen molar-refractivity contribution in [2.24, 2.45) is 0 Å². The van der Waals surface area contributed by atoms with Gasteiger partial charge in [-0.05, 0) is 46.9 Å². The highest BCUT2D eigenvalue weighted by Gasteiger charge is 2.32. The fourth-order valence-electron chi connectivity index (χ4n) is 3.24. The molecule has 6 nitrogen and oxygen atoms in total. The van der Waals surface area contributed by atoms with Gasteiger partial charge in [0.25, 0.3) is 0 Å². The molecule has 0 aliphatic carbocycles. The van der Waals surface area contributed by atoms with Crippen LogP contribution in [0.4, 0.5) is 11.4 Å². The van der Waals surface area contributed by atoms with Gasteiger partial charge in [-0.25, -0.2) is 0 Å². The first-order chi connectivity index (χ1) is 15.0. The Kier molecular flexibility index (Phi) is 7.05. The minimum absolute atomic E-state index is 0.210. The van der Waals surface area contributed by atoms with Crippen LogP contribution in [0.3, 0.4) is 0 Å². The lowest BCUT2D eigenvalue weighted by molar-refractivity contribution is -0.125. The summed E-state index contributed by atoms with van der Waals surface area (Å²) in [6.07, 6.45) is 5.44. The zero-order valence-corrected chi connectivity index (χ0v) is 16.9. The fraction of sp³-hybridized carbons (Fsp3) is 0.120. The third-order valence-corrected chi connectivity index (χ3v) is 4.78. The van der Waals surface area contributed by atoms with E-state index in [2.05, 4.69) is 11.2 Å². The molecule has 0 spiro atoms. The molecular formula is C25H23N3O3. The summed E-state index contributed by atoms with van der Waals surface area (Å²) in [5.74, 6) is 1.04. The van der Waals surface area contributed by atoms with Crippen LogP contribution in [0, 0.1) is 12.3 Å². The Labute approximate surface area is 181 Å². The lowest BCUT2D eigenvalue weighted by atomic mass is 10.0. The van der Waals surface area contributed by atoms with E-state index in [-0.39, 0.29) is 6.61 Å². The normalized spacial score (nSPS) is 11.2. The van der Waals surface area contributed by atoms with E-state index in [1.807, 2.05) is 30.3 Å². The number of nitrogen functional groups attached to an aromatic ring is 1. The molecule has 3 aromatic rings. The maximum Gasteiger partial charge on any atom is 0.303 e. The lowest BCUT2D eigenvalue weighted by Crippen LogP contribution is -2.43. The SMILES string of the molecule is C#CC(=O)N(c1cccc(CO)c1)C(C(=O)NCc1ccccc1)c1ccc(N)cc1. The number of rotatable bonds is 7. The summed E-state index contributed by atoms with van der Waals surface area (Å²) >= 11 is 0. The summed E-state index contributed by atoms with van der Waals surface area (Å²) in [5, 5.41) is 12.4. The zero-order chi connectivity index (χ0) is 22.2. The van der Waals surface area contributed by atoms with Gasteiger partial charge in [0.05, 0.1) is 6.61 Å². The fourth-order valence-corrected chi connectivity index (χ4v) is 3.24. The largest absolute Gasteiger partial charge is 0.399 e. The van der Waals surface area contributed by atoms with Crippen molar-refractivity contribution in [3.8, 4) is 12.3 Å². The average molecular weight is 413 g/mol. The molecule has 0 saturated heterocycles. The van der Waals surface area contributed by atoms with Crippen LogP contribution < -0.4 is 16.0 Å². The van der Waals surface area contributed by atoms with Crippen molar-refractivity contribution in [1.29, 1.82) is 0 Å². The molecular weight excluding hydrogens is 390 g/mol. The van der Waals surface area contributed by atoms with Crippen molar-refractivity contribution in [3.63, 3.8) is 0 Å². The van der Waals surface area contributed by atoms with E-state index in [1.165, 1.54) is 4.90 Å². The number of nitrogens with two attached hydrogens (primary N) is 1. The molecule has 6 heteroatoms. The van der Waals surface area contributed by atoms with Crippen LogP contribution >= 0.6 is 0 Å². The van der Waals surface area contributed by atoms with Gasteiger partial charge in [0, 0.05) is 17.9 Å². The highest BCUT2D eigenvalue weighted by atomic mass is 16.3. The molecule has 3 aromatic carbocycles. The van der Waals surface area contributed by atoms with Crippen molar-refractivity contribution >= 4 is 23.2 Å². The number of aliphatic hydroxyl groups is 1. The number of nitrogens with zero attached hydrogens (tertiary/aromatic N) is 1. The Morgan fingerprint density at radius 1 is 1.00 bits per heavy atom. The lowest BCUT2D eigenvalue weighted by Gasteiger charge is -2.30. The van der Waals surface area contributed by atoms with Crippen LogP contribution in [-0.2, 0) is 22.7 Å². The molecule has 2 amide bonds. The van der Waals surface area contributed by atoms with Gasteiger partial charge >= 0.3 is 5.91 Å². The molecule has 0 aliphatic heterocycles. The van der Waals surface area contributed by atoms with Crippen molar-refractivity contribution in [2.45, 2.75) is 19.2 Å². The predicted molar refractivity (Wildman–Crippen MR) is 121 cm³/mol. The molecule has 0 fully saturated rings. The third-order valence-electron chi connectivity index (χ3n) is 4.78. The zero-order valence-electron chi connectivity index (χ0n) is 16.9. The second kappa shape index (κ2) is 10.1. The molecule has 0 heterocycles. The van der Waals surface area contributed by atoms with Crippen LogP contribution in [0.15, 0.2) is 78.9 Å². The van der Waals surface area contributed by atoms with E-state index >= 15 is 0 Å². The standard InChI is InChI=1S/C25H23N3O3/c1-2-23(30)28(22-10-6-9-19(15-22)17-29)24(20-11-13-21(26)14-12-20)25(31)27-16-18-7-4-3-5-8-18/h1,3-15,24,29H,16-17,26H2,(H,27,31). The highest BCUT2D eigenvalue weighted by molar-refractivity contribution is 6.09. The van der Waals surface area contributed by atoms with Gasteiger partial charge in [-0.2, -0.15) is 0 Å². The van der Waals surface area contributed by atoms with Gasteiger partial charge < -0.3 is 16.2 Å². The van der Waals surface area contributed by atoms with Crippen LogP contribution in [0.25, 0.3) is 0 Å². The summed E-state index contributed by atoms with van der Waals surface area (Å²) in [7, 11) is 0. The van der Waals surface area contributed by atoms with Crippen molar-refractivity contribution in [1.82, 2.24) is 5.32 Å². The van der Waals surface area contributed by atoms with E-state index in [1.54, 1.807) is 48.5 Å². The van der Waals surface area contributed by atoms with E-state index in [0.717, 1.165) is 5.56 Å². The van der Waals surface area contributed by atoms with E-state index in [0.29, 0.717) is 29.0 Å². The van der Waals surface area contributed by atoms with Crippen LogP contribution in [-0.4, -0.2) is 16.9 Å². The first-order valence-corrected chi connectivity index (χ1v) is 9.70. The molecule has 0 bridgehead atoms. The molecule has 0 aliphatic rings. The van der Waals surface area contributed by atoms with E-state index < -0.39 is 17.9 Å². The summed E-state index contributed by atoms with van der Waals surface area (Å²) < 4.78 is 0. The maximum atomic E-state index is 13.3. The second-order valence-electron chi connectivity index (χ2n) is 6.92. The summed E-state index contributed by atoms with van der Waals surface area (Å²) in [4.78, 5) is 27.4. The van der Waals surface area contributed by atoms with Gasteiger partial charge in [0.1, 0.15) is 6.04 Å². The van der Waals surface area contributed by atoms with Crippen molar-refractivity contribution in [3.05, 3.63) is 95.6 Å². The molecule has 0 saturated carbocycles. The molecule has 0 radical (unpaired) electrons. The van der Waals surface area contributed by atoms with Gasteiger partial charge in [0.15, 0.2) is 0 Å². The maximum absolute atomic E-state index is 13.3.